The SMILES string of the molecule is Cc1cc(-c2c(C)[nH]c3ccc(C(F)(F)F)cc23)c2ccccc2n1. The van der Waals surface area contributed by atoms with E-state index in [1.165, 1.54) is 12.1 Å². The Kier molecular flexibility index (Phi) is 3.35. The number of rotatable bonds is 1. The van der Waals surface area contributed by atoms with E-state index in [0.717, 1.165) is 39.5 Å². The molecule has 2 heterocycles. The molecule has 2 aromatic carbocycles. The van der Waals surface area contributed by atoms with Crippen LogP contribution < -0.4 is 0 Å². The first kappa shape index (κ1) is 15.7. The maximum absolute atomic E-state index is 13.2. The van der Waals surface area contributed by atoms with Gasteiger partial charge in [-0.1, -0.05) is 18.2 Å². The molecule has 5 heteroatoms. The Morgan fingerprint density at radius 3 is 2.44 bits per heavy atom. The summed E-state index contributed by atoms with van der Waals surface area (Å²) in [6.45, 7) is 3.77. The van der Waals surface area contributed by atoms with Gasteiger partial charge in [-0.25, -0.2) is 0 Å². The molecule has 0 spiro atoms. The molecule has 0 bridgehead atoms. The van der Waals surface area contributed by atoms with Crippen molar-refractivity contribution in [1.82, 2.24) is 9.97 Å². The third kappa shape index (κ3) is 2.56. The third-order valence-electron chi connectivity index (χ3n) is 4.43. The van der Waals surface area contributed by atoms with Crippen molar-refractivity contribution in [2.75, 3.05) is 0 Å². The van der Waals surface area contributed by atoms with Gasteiger partial charge in [-0.15, -0.1) is 0 Å². The smallest absolute Gasteiger partial charge is 0.358 e. The Hall–Kier alpha value is -2.82. The standard InChI is InChI=1S/C20H15F3N2/c1-11-9-15(14-5-3-4-6-17(14)24-11)19-12(2)25-18-8-7-13(10-16(18)19)20(21,22)23/h3-10,25H,1-2H3. The number of para-hydroxylation sites is 1. The van der Waals surface area contributed by atoms with Crippen LogP contribution in [0.1, 0.15) is 17.0 Å². The van der Waals surface area contributed by atoms with Crippen LogP contribution in [-0.4, -0.2) is 9.97 Å². The van der Waals surface area contributed by atoms with Gasteiger partial charge >= 0.3 is 6.18 Å². The summed E-state index contributed by atoms with van der Waals surface area (Å²) in [6, 6.07) is 13.4. The van der Waals surface area contributed by atoms with Gasteiger partial charge in [0, 0.05) is 33.2 Å². The first-order chi connectivity index (χ1) is 11.8. The van der Waals surface area contributed by atoms with Gasteiger partial charge in [-0.05, 0) is 49.7 Å². The summed E-state index contributed by atoms with van der Waals surface area (Å²) < 4.78 is 39.5. The van der Waals surface area contributed by atoms with Crippen molar-refractivity contribution in [2.45, 2.75) is 20.0 Å². The number of alkyl halides is 3. The largest absolute Gasteiger partial charge is 0.416 e. The Labute approximate surface area is 142 Å². The number of benzene rings is 2. The van der Waals surface area contributed by atoms with E-state index in [0.29, 0.717) is 10.9 Å². The van der Waals surface area contributed by atoms with Gasteiger partial charge in [-0.3, -0.25) is 4.98 Å². The van der Waals surface area contributed by atoms with Crippen LogP contribution in [0.2, 0.25) is 0 Å². The van der Waals surface area contributed by atoms with Crippen LogP contribution in [0.3, 0.4) is 0 Å². The Bertz CT molecular complexity index is 1110. The summed E-state index contributed by atoms with van der Waals surface area (Å²) in [5, 5.41) is 1.50. The topological polar surface area (TPSA) is 28.7 Å². The molecule has 4 rings (SSSR count). The molecule has 0 atom stereocenters. The fourth-order valence-electron chi connectivity index (χ4n) is 3.36. The first-order valence-electron chi connectivity index (χ1n) is 7.91. The quantitative estimate of drug-likeness (QED) is 0.451. The summed E-state index contributed by atoms with van der Waals surface area (Å²) in [5.41, 5.74) is 4.24. The van der Waals surface area contributed by atoms with Gasteiger partial charge in [0.2, 0.25) is 0 Å². The van der Waals surface area contributed by atoms with Crippen molar-refractivity contribution in [2.24, 2.45) is 0 Å². The number of pyridine rings is 1. The molecular weight excluding hydrogens is 325 g/mol. The van der Waals surface area contributed by atoms with Crippen LogP contribution in [0.25, 0.3) is 32.9 Å². The zero-order chi connectivity index (χ0) is 17.8. The number of aromatic amines is 1. The van der Waals surface area contributed by atoms with Gasteiger partial charge < -0.3 is 4.98 Å². The molecule has 0 amide bonds. The number of aryl methyl sites for hydroxylation is 2. The van der Waals surface area contributed by atoms with Crippen LogP contribution in [0.4, 0.5) is 13.2 Å². The monoisotopic (exact) mass is 340 g/mol. The predicted octanol–water partition coefficient (Wildman–Crippen LogP) is 6.02. The Morgan fingerprint density at radius 2 is 1.68 bits per heavy atom. The Balaban J connectivity index is 2.09. The van der Waals surface area contributed by atoms with Gasteiger partial charge in [0.05, 0.1) is 11.1 Å². The average Bonchev–Trinajstić information content (AvgIpc) is 2.88. The summed E-state index contributed by atoms with van der Waals surface area (Å²) >= 11 is 0. The number of aromatic nitrogens is 2. The van der Waals surface area contributed by atoms with Gasteiger partial charge in [0.25, 0.3) is 0 Å². The molecule has 4 aromatic rings. The van der Waals surface area contributed by atoms with Gasteiger partial charge in [0.1, 0.15) is 0 Å². The van der Waals surface area contributed by atoms with E-state index in [4.69, 9.17) is 0 Å². The van der Waals surface area contributed by atoms with E-state index < -0.39 is 11.7 Å². The second kappa shape index (κ2) is 5.34. The summed E-state index contributed by atoms with van der Waals surface area (Å²) in [6.07, 6.45) is -4.37. The fourth-order valence-corrected chi connectivity index (χ4v) is 3.36. The van der Waals surface area contributed by atoms with Crippen molar-refractivity contribution in [3.63, 3.8) is 0 Å². The van der Waals surface area contributed by atoms with Crippen molar-refractivity contribution < 1.29 is 13.2 Å². The Morgan fingerprint density at radius 1 is 0.920 bits per heavy atom. The second-order valence-corrected chi connectivity index (χ2v) is 6.21. The zero-order valence-corrected chi connectivity index (χ0v) is 13.7. The van der Waals surface area contributed by atoms with Crippen LogP contribution in [0.15, 0.2) is 48.5 Å². The van der Waals surface area contributed by atoms with E-state index in [1.54, 1.807) is 0 Å². The maximum atomic E-state index is 13.2. The van der Waals surface area contributed by atoms with Gasteiger partial charge in [0.15, 0.2) is 0 Å². The molecule has 2 aromatic heterocycles. The minimum absolute atomic E-state index is 0.572. The van der Waals surface area contributed by atoms with Crippen molar-refractivity contribution in [3.8, 4) is 11.1 Å². The second-order valence-electron chi connectivity index (χ2n) is 6.21. The van der Waals surface area contributed by atoms with Crippen LogP contribution in [0.5, 0.6) is 0 Å². The molecule has 0 unspecified atom stereocenters. The number of nitrogens with zero attached hydrogens (tertiary/aromatic N) is 1. The molecule has 0 radical (unpaired) electrons. The van der Waals surface area contributed by atoms with Crippen molar-refractivity contribution >= 4 is 21.8 Å². The molecule has 0 aliphatic carbocycles. The summed E-state index contributed by atoms with van der Waals surface area (Å²) in [4.78, 5) is 7.72. The highest BCUT2D eigenvalue weighted by Gasteiger charge is 2.31. The van der Waals surface area contributed by atoms with E-state index >= 15 is 0 Å². The number of hydrogen-bond acceptors (Lipinski definition) is 1. The number of hydrogen-bond donors (Lipinski definition) is 1. The number of H-pyrrole nitrogens is 1. The molecular formula is C20H15F3N2. The van der Waals surface area contributed by atoms with E-state index in [-0.39, 0.29) is 0 Å². The third-order valence-corrected chi connectivity index (χ3v) is 4.43. The number of fused-ring (bicyclic) bond motifs is 2. The molecule has 0 fully saturated rings. The summed E-state index contributed by atoms with van der Waals surface area (Å²) in [5.74, 6) is 0. The lowest BCUT2D eigenvalue weighted by atomic mass is 9.97. The molecule has 25 heavy (non-hydrogen) atoms. The lowest BCUT2D eigenvalue weighted by molar-refractivity contribution is -0.137. The highest BCUT2D eigenvalue weighted by molar-refractivity contribution is 6.05. The minimum Gasteiger partial charge on any atom is -0.358 e. The zero-order valence-electron chi connectivity index (χ0n) is 13.7. The van der Waals surface area contributed by atoms with E-state index in [9.17, 15) is 13.2 Å². The molecule has 0 aliphatic heterocycles. The molecule has 2 nitrogen and oxygen atoms in total. The van der Waals surface area contributed by atoms with Crippen molar-refractivity contribution in [1.29, 1.82) is 0 Å². The number of halogens is 3. The number of nitrogens with one attached hydrogen (secondary N) is 1. The van der Waals surface area contributed by atoms with Crippen LogP contribution in [0, 0.1) is 13.8 Å². The molecule has 0 aliphatic rings. The highest BCUT2D eigenvalue weighted by atomic mass is 19.4. The minimum atomic E-state index is -4.37. The van der Waals surface area contributed by atoms with Crippen LogP contribution >= 0.6 is 0 Å². The van der Waals surface area contributed by atoms with Crippen molar-refractivity contribution in [3.05, 3.63) is 65.5 Å². The van der Waals surface area contributed by atoms with Gasteiger partial charge in [-0.2, -0.15) is 13.2 Å². The average molecular weight is 340 g/mol. The maximum Gasteiger partial charge on any atom is 0.416 e. The molecule has 126 valence electrons. The van der Waals surface area contributed by atoms with E-state index in [2.05, 4.69) is 9.97 Å². The lowest BCUT2D eigenvalue weighted by Gasteiger charge is -2.10. The lowest BCUT2D eigenvalue weighted by Crippen LogP contribution is -2.04. The first-order valence-corrected chi connectivity index (χ1v) is 7.91. The normalized spacial score (nSPS) is 12.2. The predicted molar refractivity (Wildman–Crippen MR) is 93.5 cm³/mol. The van der Waals surface area contributed by atoms with E-state index in [1.807, 2.05) is 44.2 Å². The van der Waals surface area contributed by atoms with Crippen LogP contribution in [-0.2, 0) is 6.18 Å². The molecule has 1 N–H and O–H groups in total. The highest BCUT2D eigenvalue weighted by Crippen LogP contribution is 2.39. The fraction of sp³-hybridized carbons (Fsp3) is 0.150. The molecule has 0 saturated heterocycles. The molecule has 0 saturated carbocycles. The summed E-state index contributed by atoms with van der Waals surface area (Å²) in [7, 11) is 0.